The van der Waals surface area contributed by atoms with Crippen LogP contribution >= 0.6 is 0 Å². The molecule has 0 spiro atoms. The molecular formula is C6H12F3NOSi. The lowest BCUT2D eigenvalue weighted by Gasteiger charge is -2.32. The van der Waals surface area contributed by atoms with Crippen molar-refractivity contribution in [3.8, 4) is 0 Å². The van der Waals surface area contributed by atoms with Crippen molar-refractivity contribution in [3.63, 3.8) is 0 Å². The molecule has 12 heavy (non-hydrogen) atoms. The van der Waals surface area contributed by atoms with E-state index >= 15 is 0 Å². The predicted octanol–water partition coefficient (Wildman–Crippen LogP) is 1.32. The first-order chi connectivity index (χ1) is 5.14. The standard InChI is InChI=1S/C6H12F3NOSi/c1-12(2,3)6(9,4(7)8)5(10)11/h4H,1-3H3,(H2,10,11). The fraction of sp³-hybridized carbons (Fsp3) is 0.833. The molecule has 0 aliphatic carbocycles. The number of carbonyl (C=O) groups excluding carboxylic acids is 1. The third-order valence-electron chi connectivity index (χ3n) is 1.75. The van der Waals surface area contributed by atoms with Crippen LogP contribution in [-0.2, 0) is 4.79 Å². The number of nitrogens with two attached hydrogens (primary N) is 1. The summed E-state index contributed by atoms with van der Waals surface area (Å²) in [6.07, 6.45) is -3.33. The summed E-state index contributed by atoms with van der Waals surface area (Å²) in [4.78, 5) is 10.5. The van der Waals surface area contributed by atoms with Gasteiger partial charge in [0.1, 0.15) is 8.07 Å². The van der Waals surface area contributed by atoms with E-state index in [4.69, 9.17) is 0 Å². The first-order valence-electron chi connectivity index (χ1n) is 3.41. The van der Waals surface area contributed by atoms with E-state index in [9.17, 15) is 18.0 Å². The van der Waals surface area contributed by atoms with Crippen LogP contribution in [0.4, 0.5) is 13.2 Å². The van der Waals surface area contributed by atoms with E-state index in [1.54, 1.807) is 0 Å². The molecule has 2 N–H and O–H groups in total. The predicted molar refractivity (Wildman–Crippen MR) is 42.4 cm³/mol. The van der Waals surface area contributed by atoms with Crippen LogP contribution in [0.5, 0.6) is 0 Å². The molecule has 0 aromatic rings. The van der Waals surface area contributed by atoms with Crippen LogP contribution in [0.3, 0.4) is 0 Å². The van der Waals surface area contributed by atoms with Gasteiger partial charge in [-0.05, 0) is 0 Å². The molecule has 0 aromatic carbocycles. The molecule has 0 saturated carbocycles. The number of halogens is 3. The summed E-state index contributed by atoms with van der Waals surface area (Å²) in [5.41, 5.74) is 4.60. The van der Waals surface area contributed by atoms with E-state index in [0.29, 0.717) is 0 Å². The van der Waals surface area contributed by atoms with Crippen LogP contribution in [0.1, 0.15) is 0 Å². The van der Waals surface area contributed by atoms with Gasteiger partial charge in [-0.2, -0.15) is 0 Å². The first kappa shape index (κ1) is 11.5. The second-order valence-corrected chi connectivity index (χ2v) is 8.85. The van der Waals surface area contributed by atoms with E-state index < -0.39 is 25.7 Å². The number of rotatable bonds is 3. The van der Waals surface area contributed by atoms with Gasteiger partial charge in [0.25, 0.3) is 12.3 Å². The molecular weight excluding hydrogens is 187 g/mol. The van der Waals surface area contributed by atoms with Crippen molar-refractivity contribution in [1.29, 1.82) is 0 Å². The minimum atomic E-state index is -3.33. The van der Waals surface area contributed by atoms with Gasteiger partial charge < -0.3 is 5.73 Å². The van der Waals surface area contributed by atoms with E-state index in [2.05, 4.69) is 5.73 Å². The van der Waals surface area contributed by atoms with Crippen molar-refractivity contribution >= 4 is 14.0 Å². The Morgan fingerprint density at radius 3 is 1.75 bits per heavy atom. The second kappa shape index (κ2) is 3.08. The maximum Gasteiger partial charge on any atom is 0.277 e. The van der Waals surface area contributed by atoms with E-state index in [1.807, 2.05) is 0 Å². The van der Waals surface area contributed by atoms with Crippen LogP contribution in [0.25, 0.3) is 0 Å². The maximum absolute atomic E-state index is 13.4. The smallest absolute Gasteiger partial charge is 0.277 e. The number of hydrogen-bond donors (Lipinski definition) is 1. The van der Waals surface area contributed by atoms with Crippen molar-refractivity contribution in [2.75, 3.05) is 0 Å². The Morgan fingerprint density at radius 1 is 1.42 bits per heavy atom. The summed E-state index contributed by atoms with van der Waals surface area (Å²) in [5, 5.41) is -3.12. The van der Waals surface area contributed by atoms with Gasteiger partial charge in [0, 0.05) is 0 Å². The fourth-order valence-electron chi connectivity index (χ4n) is 0.804. The molecule has 0 aliphatic rings. The van der Waals surface area contributed by atoms with E-state index in [-0.39, 0.29) is 0 Å². The van der Waals surface area contributed by atoms with Crippen molar-refractivity contribution in [3.05, 3.63) is 0 Å². The lowest BCUT2D eigenvalue weighted by molar-refractivity contribution is -0.132. The van der Waals surface area contributed by atoms with Gasteiger partial charge in [-0.15, -0.1) is 0 Å². The number of primary amides is 1. The quantitative estimate of drug-likeness (QED) is 0.684. The molecule has 1 amide bonds. The average molecular weight is 199 g/mol. The zero-order valence-electron chi connectivity index (χ0n) is 7.20. The van der Waals surface area contributed by atoms with Crippen LogP contribution in [-0.4, -0.2) is 25.7 Å². The zero-order valence-corrected chi connectivity index (χ0v) is 8.20. The second-order valence-electron chi connectivity index (χ2n) is 3.63. The number of hydrogen-bond acceptors (Lipinski definition) is 1. The molecule has 0 fully saturated rings. The Kier molecular flexibility index (Phi) is 2.95. The largest absolute Gasteiger partial charge is 0.367 e. The van der Waals surface area contributed by atoms with Crippen LogP contribution in [0, 0.1) is 0 Å². The maximum atomic E-state index is 13.4. The normalized spacial score (nSPS) is 17.6. The van der Waals surface area contributed by atoms with Gasteiger partial charge in [0.15, 0.2) is 0 Å². The molecule has 0 aliphatic heterocycles. The van der Waals surface area contributed by atoms with Gasteiger partial charge >= 0.3 is 0 Å². The molecule has 72 valence electrons. The zero-order chi connectivity index (χ0) is 10.2. The van der Waals surface area contributed by atoms with E-state index in [1.165, 1.54) is 19.6 Å². The molecule has 0 heterocycles. The van der Waals surface area contributed by atoms with Crippen LogP contribution < -0.4 is 5.73 Å². The molecule has 0 aromatic heterocycles. The topological polar surface area (TPSA) is 43.1 Å². The van der Waals surface area contributed by atoms with Crippen molar-refractivity contribution in [2.24, 2.45) is 5.73 Å². The Hall–Kier alpha value is -0.523. The summed E-state index contributed by atoms with van der Waals surface area (Å²) < 4.78 is 37.8. The summed E-state index contributed by atoms with van der Waals surface area (Å²) in [5.74, 6) is -1.56. The van der Waals surface area contributed by atoms with Crippen LogP contribution in [0.2, 0.25) is 19.6 Å². The van der Waals surface area contributed by atoms with Gasteiger partial charge in [-0.1, -0.05) is 19.6 Å². The summed E-state index contributed by atoms with van der Waals surface area (Å²) >= 11 is 0. The lowest BCUT2D eigenvalue weighted by Crippen LogP contribution is -2.62. The Balaban J connectivity index is 5.02. The Labute approximate surface area is 69.9 Å². The fourth-order valence-corrected chi connectivity index (χ4v) is 2.20. The highest BCUT2D eigenvalue weighted by atomic mass is 28.3. The Bertz CT molecular complexity index is 192. The third-order valence-corrected chi connectivity index (χ3v) is 4.40. The number of alkyl halides is 3. The summed E-state index contributed by atoms with van der Waals surface area (Å²) in [6.45, 7) is 4.01. The van der Waals surface area contributed by atoms with Crippen molar-refractivity contribution < 1.29 is 18.0 Å². The molecule has 0 bridgehead atoms. The monoisotopic (exact) mass is 199 g/mol. The van der Waals surface area contributed by atoms with Gasteiger partial charge in [-0.25, -0.2) is 13.2 Å². The summed E-state index contributed by atoms with van der Waals surface area (Å²) in [6, 6.07) is 0. The van der Waals surface area contributed by atoms with Crippen LogP contribution in [0.15, 0.2) is 0 Å². The molecule has 0 rings (SSSR count). The molecule has 0 saturated heterocycles. The SMILES string of the molecule is C[Si](C)(C)C(F)(C(N)=O)C(F)F. The third kappa shape index (κ3) is 1.62. The van der Waals surface area contributed by atoms with Gasteiger partial charge in [-0.3, -0.25) is 4.79 Å². The molecule has 2 nitrogen and oxygen atoms in total. The lowest BCUT2D eigenvalue weighted by atomic mass is 10.4. The average Bonchev–Trinajstić information content (AvgIpc) is 1.82. The molecule has 1 atom stereocenters. The van der Waals surface area contributed by atoms with Crippen molar-refractivity contribution in [1.82, 2.24) is 0 Å². The van der Waals surface area contributed by atoms with E-state index in [0.717, 1.165) is 0 Å². The molecule has 6 heteroatoms. The minimum absolute atomic E-state index is 1.34. The molecule has 0 radical (unpaired) electrons. The first-order valence-corrected chi connectivity index (χ1v) is 6.91. The minimum Gasteiger partial charge on any atom is -0.367 e. The highest BCUT2D eigenvalue weighted by Crippen LogP contribution is 2.31. The van der Waals surface area contributed by atoms with Gasteiger partial charge in [0.2, 0.25) is 5.29 Å². The highest BCUT2D eigenvalue weighted by molar-refractivity contribution is 6.82. The summed E-state index contributed by atoms with van der Waals surface area (Å²) in [7, 11) is -2.93. The number of carbonyl (C=O) groups is 1. The highest BCUT2D eigenvalue weighted by Gasteiger charge is 2.56. The van der Waals surface area contributed by atoms with Gasteiger partial charge in [0.05, 0.1) is 0 Å². The Morgan fingerprint density at radius 2 is 1.75 bits per heavy atom. The number of amides is 1. The van der Waals surface area contributed by atoms with Crippen molar-refractivity contribution in [2.45, 2.75) is 31.4 Å². The molecule has 1 unspecified atom stereocenters.